The summed E-state index contributed by atoms with van der Waals surface area (Å²) in [7, 11) is -4.79. The van der Waals surface area contributed by atoms with Crippen LogP contribution in [0.1, 0.15) is 12.8 Å². The molecule has 0 amide bonds. The first-order valence-electron chi connectivity index (χ1n) is 4.99. The Morgan fingerprint density at radius 3 is 1.65 bits per heavy atom. The number of rotatable bonds is 9. The molecule has 0 radical (unpaired) electrons. The Morgan fingerprint density at radius 1 is 0.850 bits per heavy atom. The summed E-state index contributed by atoms with van der Waals surface area (Å²) in [5, 5.41) is 0. The molecule has 20 heavy (non-hydrogen) atoms. The maximum atomic E-state index is 12.4. The van der Waals surface area contributed by atoms with E-state index >= 15 is 0 Å². The van der Waals surface area contributed by atoms with E-state index in [-0.39, 0.29) is 0 Å². The second-order valence-corrected chi connectivity index (χ2v) is 5.47. The SMILES string of the molecule is O=S(=O)(CCC(F)(F)C(F)F)OCCC(F)(F)C(F)F. The summed E-state index contributed by atoms with van der Waals surface area (Å²) in [4.78, 5) is 0. The van der Waals surface area contributed by atoms with Crippen LogP contribution in [0.25, 0.3) is 0 Å². The van der Waals surface area contributed by atoms with E-state index in [0.717, 1.165) is 0 Å². The van der Waals surface area contributed by atoms with Gasteiger partial charge in [0, 0.05) is 12.8 Å². The van der Waals surface area contributed by atoms with E-state index in [1.807, 2.05) is 0 Å². The molecule has 0 aliphatic carbocycles. The van der Waals surface area contributed by atoms with Gasteiger partial charge in [-0.3, -0.25) is 4.18 Å². The zero-order chi connectivity index (χ0) is 16.2. The van der Waals surface area contributed by atoms with E-state index < -0.39 is 60.0 Å². The smallest absolute Gasteiger partial charge is 0.270 e. The van der Waals surface area contributed by atoms with Crippen molar-refractivity contribution in [1.29, 1.82) is 0 Å². The molecular formula is C8H10F8O3S. The largest absolute Gasteiger partial charge is 0.309 e. The average Bonchev–Trinajstić information content (AvgIpc) is 2.25. The van der Waals surface area contributed by atoms with Gasteiger partial charge in [-0.1, -0.05) is 0 Å². The molecule has 0 heterocycles. The Labute approximate surface area is 109 Å². The highest BCUT2D eigenvalue weighted by atomic mass is 32.2. The van der Waals surface area contributed by atoms with Crippen LogP contribution < -0.4 is 0 Å². The molecule has 0 fully saturated rings. The third kappa shape index (κ3) is 6.68. The van der Waals surface area contributed by atoms with Crippen molar-refractivity contribution in [2.45, 2.75) is 37.5 Å². The topological polar surface area (TPSA) is 43.4 Å². The highest BCUT2D eigenvalue weighted by Crippen LogP contribution is 2.28. The van der Waals surface area contributed by atoms with Crippen molar-refractivity contribution in [3.63, 3.8) is 0 Å². The lowest BCUT2D eigenvalue weighted by Crippen LogP contribution is -2.31. The Kier molecular flexibility index (Phi) is 6.65. The molecule has 0 aliphatic rings. The molecule has 0 rings (SSSR count). The Balaban J connectivity index is 4.29. The van der Waals surface area contributed by atoms with E-state index in [4.69, 9.17) is 0 Å². The summed E-state index contributed by atoms with van der Waals surface area (Å²) in [6.07, 6.45) is -11.6. The van der Waals surface area contributed by atoms with Crippen LogP contribution in [0, 0.1) is 0 Å². The first-order valence-corrected chi connectivity index (χ1v) is 6.57. The van der Waals surface area contributed by atoms with Gasteiger partial charge in [0.1, 0.15) is 0 Å². The fourth-order valence-electron chi connectivity index (χ4n) is 0.843. The predicted octanol–water partition coefficient (Wildman–Crippen LogP) is 2.91. The molecule has 0 bridgehead atoms. The normalized spacial score (nSPS) is 14.3. The minimum atomic E-state index is -4.79. The minimum absolute atomic E-state index is 1.38. The highest BCUT2D eigenvalue weighted by molar-refractivity contribution is 7.86. The van der Waals surface area contributed by atoms with Gasteiger partial charge in [-0.05, 0) is 0 Å². The van der Waals surface area contributed by atoms with Crippen molar-refractivity contribution < 1.29 is 47.7 Å². The minimum Gasteiger partial charge on any atom is -0.270 e. The van der Waals surface area contributed by atoms with Crippen LogP contribution in [0.5, 0.6) is 0 Å². The zero-order valence-corrected chi connectivity index (χ0v) is 10.5. The van der Waals surface area contributed by atoms with Crippen LogP contribution in [-0.4, -0.2) is 45.5 Å². The molecule has 0 aromatic rings. The Morgan fingerprint density at radius 2 is 1.25 bits per heavy atom. The summed E-state index contributed by atoms with van der Waals surface area (Å²) in [6.45, 7) is -1.38. The van der Waals surface area contributed by atoms with Crippen LogP contribution in [0.2, 0.25) is 0 Å². The summed E-state index contributed by atoms with van der Waals surface area (Å²) < 4.78 is 122. The van der Waals surface area contributed by atoms with E-state index in [9.17, 15) is 43.5 Å². The molecule has 0 saturated heterocycles. The molecule has 12 heteroatoms. The summed E-state index contributed by atoms with van der Waals surface area (Å²) >= 11 is 0. The first kappa shape index (κ1) is 19.4. The summed E-state index contributed by atoms with van der Waals surface area (Å²) in [5.41, 5.74) is 0. The van der Waals surface area contributed by atoms with Crippen LogP contribution in [-0.2, 0) is 14.3 Å². The molecule has 0 N–H and O–H groups in total. The van der Waals surface area contributed by atoms with Gasteiger partial charge in [0.2, 0.25) is 0 Å². The molecule has 0 spiro atoms. The molecule has 0 aromatic carbocycles. The van der Waals surface area contributed by atoms with Crippen LogP contribution in [0.3, 0.4) is 0 Å². The van der Waals surface area contributed by atoms with Crippen molar-refractivity contribution >= 4 is 10.1 Å². The molecule has 0 saturated carbocycles. The van der Waals surface area contributed by atoms with Crippen LogP contribution in [0.4, 0.5) is 35.1 Å². The van der Waals surface area contributed by atoms with Gasteiger partial charge in [0.05, 0.1) is 12.4 Å². The fourth-order valence-corrected chi connectivity index (χ4v) is 1.82. The van der Waals surface area contributed by atoms with Gasteiger partial charge >= 0.3 is 24.7 Å². The quantitative estimate of drug-likeness (QED) is 0.480. The monoisotopic (exact) mass is 338 g/mol. The number of alkyl halides is 8. The first-order chi connectivity index (χ1) is 8.80. The maximum Gasteiger partial charge on any atom is 0.309 e. The van der Waals surface area contributed by atoms with E-state index in [2.05, 4.69) is 4.18 Å². The van der Waals surface area contributed by atoms with Crippen molar-refractivity contribution in [2.75, 3.05) is 12.4 Å². The maximum absolute atomic E-state index is 12.4. The van der Waals surface area contributed by atoms with Gasteiger partial charge in [0.15, 0.2) is 0 Å². The standard InChI is InChI=1S/C8H10F8O3S/c9-5(10)7(13,14)1-3-19-20(17,18)4-2-8(15,16)6(11)12/h5-6H,1-4H2. The lowest BCUT2D eigenvalue weighted by atomic mass is 10.2. The van der Waals surface area contributed by atoms with Crippen LogP contribution in [0.15, 0.2) is 0 Å². The highest BCUT2D eigenvalue weighted by Gasteiger charge is 2.42. The zero-order valence-electron chi connectivity index (χ0n) is 9.64. The van der Waals surface area contributed by atoms with E-state index in [0.29, 0.717) is 0 Å². The van der Waals surface area contributed by atoms with Gasteiger partial charge in [-0.2, -0.15) is 8.42 Å². The van der Waals surface area contributed by atoms with Gasteiger partial charge in [0.25, 0.3) is 10.1 Å². The second kappa shape index (κ2) is 6.87. The molecule has 0 atom stereocenters. The third-order valence-corrected chi connectivity index (χ3v) is 3.25. The molecular weight excluding hydrogens is 328 g/mol. The number of hydrogen-bond donors (Lipinski definition) is 0. The lowest BCUT2D eigenvalue weighted by Gasteiger charge is -2.16. The lowest BCUT2D eigenvalue weighted by molar-refractivity contribution is -0.137. The van der Waals surface area contributed by atoms with Gasteiger partial charge in [-0.15, -0.1) is 0 Å². The van der Waals surface area contributed by atoms with Gasteiger partial charge in [-0.25, -0.2) is 35.1 Å². The average molecular weight is 338 g/mol. The van der Waals surface area contributed by atoms with Crippen molar-refractivity contribution in [3.8, 4) is 0 Å². The van der Waals surface area contributed by atoms with Crippen molar-refractivity contribution in [3.05, 3.63) is 0 Å². The van der Waals surface area contributed by atoms with Crippen molar-refractivity contribution in [1.82, 2.24) is 0 Å². The second-order valence-electron chi connectivity index (χ2n) is 3.71. The molecule has 0 aromatic heterocycles. The Bertz CT molecular complexity index is 395. The fraction of sp³-hybridized carbons (Fsp3) is 1.00. The number of hydrogen-bond acceptors (Lipinski definition) is 3. The van der Waals surface area contributed by atoms with Gasteiger partial charge < -0.3 is 0 Å². The van der Waals surface area contributed by atoms with Crippen LogP contribution >= 0.6 is 0 Å². The van der Waals surface area contributed by atoms with E-state index in [1.54, 1.807) is 0 Å². The molecule has 0 unspecified atom stereocenters. The summed E-state index contributed by atoms with van der Waals surface area (Å²) in [5.74, 6) is -10.6. The Hall–Kier alpha value is -0.650. The molecule has 3 nitrogen and oxygen atoms in total. The predicted molar refractivity (Wildman–Crippen MR) is 50.9 cm³/mol. The number of halogens is 8. The third-order valence-electron chi connectivity index (χ3n) is 2.02. The van der Waals surface area contributed by atoms with Crippen molar-refractivity contribution in [2.24, 2.45) is 0 Å². The molecule has 122 valence electrons. The van der Waals surface area contributed by atoms with E-state index in [1.165, 1.54) is 0 Å². The molecule has 0 aliphatic heterocycles. The summed E-state index contributed by atoms with van der Waals surface area (Å²) in [6, 6.07) is 0.